The van der Waals surface area contributed by atoms with Crippen LogP contribution in [0.25, 0.3) is 0 Å². The van der Waals surface area contributed by atoms with Crippen molar-refractivity contribution in [1.82, 2.24) is 4.90 Å². The molecule has 2 atom stereocenters. The van der Waals surface area contributed by atoms with E-state index in [-0.39, 0.29) is 12.1 Å². The Morgan fingerprint density at radius 1 is 0.765 bits per heavy atom. The molecule has 0 bridgehead atoms. The molecular formula is C14H29NO2. The zero-order valence-electron chi connectivity index (χ0n) is 12.0. The first-order valence-electron chi connectivity index (χ1n) is 7.14. The molecule has 0 aromatic carbocycles. The van der Waals surface area contributed by atoms with Crippen molar-refractivity contribution >= 4 is 0 Å². The van der Waals surface area contributed by atoms with Crippen LogP contribution >= 0.6 is 0 Å². The van der Waals surface area contributed by atoms with Gasteiger partial charge >= 0.3 is 0 Å². The molecule has 3 nitrogen and oxygen atoms in total. The molecule has 0 unspecified atom stereocenters. The molecule has 1 saturated heterocycles. The fraction of sp³-hybridized carbons (Fsp3) is 1.00. The van der Waals surface area contributed by atoms with Crippen molar-refractivity contribution in [3.63, 3.8) is 0 Å². The molecule has 0 spiro atoms. The van der Waals surface area contributed by atoms with Crippen LogP contribution in [0.1, 0.15) is 60.3 Å². The maximum atomic E-state index is 10.6. The lowest BCUT2D eigenvalue weighted by molar-refractivity contribution is -0.00257. The van der Waals surface area contributed by atoms with E-state index in [1.807, 2.05) is 27.7 Å². The van der Waals surface area contributed by atoms with Crippen LogP contribution < -0.4 is 0 Å². The lowest BCUT2D eigenvalue weighted by Gasteiger charge is -2.29. The Hall–Kier alpha value is -0.120. The quantitative estimate of drug-likeness (QED) is 0.673. The van der Waals surface area contributed by atoms with Crippen LogP contribution in [0.3, 0.4) is 0 Å². The fourth-order valence-corrected chi connectivity index (χ4v) is 3.21. The Labute approximate surface area is 106 Å². The number of nitrogens with zero attached hydrogens (tertiary/aromatic N) is 1. The van der Waals surface area contributed by atoms with Gasteiger partial charge in [0.1, 0.15) is 0 Å². The second-order valence-electron chi connectivity index (χ2n) is 5.34. The van der Waals surface area contributed by atoms with Gasteiger partial charge in [0.15, 0.2) is 0 Å². The zero-order chi connectivity index (χ0) is 13.3. The summed E-state index contributed by atoms with van der Waals surface area (Å²) in [6.07, 6.45) is 3.02. The topological polar surface area (TPSA) is 43.5 Å². The molecule has 0 amide bonds. The molecule has 1 fully saturated rings. The van der Waals surface area contributed by atoms with Crippen molar-refractivity contribution in [2.45, 2.75) is 83.6 Å². The number of aliphatic hydroxyl groups is 2. The van der Waals surface area contributed by atoms with Crippen molar-refractivity contribution in [3.8, 4) is 0 Å². The van der Waals surface area contributed by atoms with E-state index in [1.54, 1.807) is 0 Å². The highest BCUT2D eigenvalue weighted by atomic mass is 16.3. The molecule has 102 valence electrons. The minimum atomic E-state index is -0.640. The maximum Gasteiger partial charge on any atom is 0.0813 e. The van der Waals surface area contributed by atoms with E-state index in [0.717, 1.165) is 32.2 Å². The summed E-state index contributed by atoms with van der Waals surface area (Å²) in [4.78, 5) is 2.25. The van der Waals surface area contributed by atoms with Crippen LogP contribution in [-0.2, 0) is 0 Å². The highest BCUT2D eigenvalue weighted by Crippen LogP contribution is 2.47. The van der Waals surface area contributed by atoms with Crippen LogP contribution in [0.4, 0.5) is 0 Å². The van der Waals surface area contributed by atoms with E-state index in [1.165, 1.54) is 0 Å². The van der Waals surface area contributed by atoms with Gasteiger partial charge in [0.2, 0.25) is 0 Å². The van der Waals surface area contributed by atoms with Gasteiger partial charge in [-0.15, -0.1) is 0 Å². The molecule has 1 heterocycles. The first-order valence-corrected chi connectivity index (χ1v) is 7.14. The number of rotatable bonds is 7. The van der Waals surface area contributed by atoms with Gasteiger partial charge < -0.3 is 10.2 Å². The van der Waals surface area contributed by atoms with Crippen molar-refractivity contribution in [2.24, 2.45) is 0 Å². The summed E-state index contributed by atoms with van der Waals surface area (Å²) in [7, 11) is 0. The SMILES string of the molecule is CCN1[C@H](C(O)(CC)CC)[C@H]1C(O)(CC)CC. The molecule has 2 N–H and O–H groups in total. The van der Waals surface area contributed by atoms with E-state index < -0.39 is 11.2 Å². The minimum Gasteiger partial charge on any atom is -0.388 e. The maximum absolute atomic E-state index is 10.6. The van der Waals surface area contributed by atoms with Gasteiger partial charge in [-0.1, -0.05) is 34.6 Å². The van der Waals surface area contributed by atoms with Crippen molar-refractivity contribution in [2.75, 3.05) is 6.54 Å². The summed E-state index contributed by atoms with van der Waals surface area (Å²) in [6.45, 7) is 11.1. The zero-order valence-corrected chi connectivity index (χ0v) is 12.0. The molecule has 0 aromatic rings. The second-order valence-corrected chi connectivity index (χ2v) is 5.34. The third-order valence-electron chi connectivity index (χ3n) is 4.84. The molecular weight excluding hydrogens is 214 g/mol. The number of hydrogen-bond acceptors (Lipinski definition) is 3. The van der Waals surface area contributed by atoms with Gasteiger partial charge in [-0.2, -0.15) is 0 Å². The summed E-state index contributed by atoms with van der Waals surface area (Å²) in [6, 6.07) is 0.264. The Morgan fingerprint density at radius 2 is 1.06 bits per heavy atom. The number of hydrogen-bond donors (Lipinski definition) is 2. The second kappa shape index (κ2) is 5.25. The van der Waals surface area contributed by atoms with Crippen molar-refractivity contribution < 1.29 is 10.2 Å². The Morgan fingerprint density at radius 3 is 1.24 bits per heavy atom. The van der Waals surface area contributed by atoms with Crippen LogP contribution in [0.15, 0.2) is 0 Å². The van der Waals surface area contributed by atoms with E-state index in [9.17, 15) is 10.2 Å². The summed E-state index contributed by atoms with van der Waals surface area (Å²) in [5.74, 6) is 0. The molecule has 0 saturated carbocycles. The van der Waals surface area contributed by atoms with Crippen molar-refractivity contribution in [3.05, 3.63) is 0 Å². The van der Waals surface area contributed by atoms with Crippen LogP contribution in [0, 0.1) is 0 Å². The van der Waals surface area contributed by atoms with Gasteiger partial charge in [-0.3, -0.25) is 4.90 Å². The smallest absolute Gasteiger partial charge is 0.0813 e. The molecule has 3 heteroatoms. The van der Waals surface area contributed by atoms with Crippen LogP contribution in [-0.4, -0.2) is 44.9 Å². The fourth-order valence-electron chi connectivity index (χ4n) is 3.21. The lowest BCUT2D eigenvalue weighted by Crippen LogP contribution is -2.42. The van der Waals surface area contributed by atoms with E-state index in [0.29, 0.717) is 0 Å². The highest BCUT2D eigenvalue weighted by molar-refractivity contribution is 5.18. The predicted molar refractivity (Wildman–Crippen MR) is 71.0 cm³/mol. The first kappa shape index (κ1) is 14.9. The molecule has 0 aliphatic carbocycles. The Kier molecular flexibility index (Phi) is 4.61. The summed E-state index contributed by atoms with van der Waals surface area (Å²) < 4.78 is 0. The molecule has 0 radical (unpaired) electrons. The van der Waals surface area contributed by atoms with Crippen LogP contribution in [0.2, 0.25) is 0 Å². The first-order chi connectivity index (χ1) is 7.94. The highest BCUT2D eigenvalue weighted by Gasteiger charge is 2.63. The monoisotopic (exact) mass is 243 g/mol. The van der Waals surface area contributed by atoms with E-state index >= 15 is 0 Å². The summed E-state index contributed by atoms with van der Waals surface area (Å²) >= 11 is 0. The largest absolute Gasteiger partial charge is 0.388 e. The van der Waals surface area contributed by atoms with Gasteiger partial charge in [0.05, 0.1) is 23.3 Å². The van der Waals surface area contributed by atoms with Gasteiger partial charge in [-0.05, 0) is 32.2 Å². The Balaban J connectivity index is 2.89. The van der Waals surface area contributed by atoms with E-state index in [4.69, 9.17) is 0 Å². The van der Waals surface area contributed by atoms with E-state index in [2.05, 4.69) is 11.8 Å². The van der Waals surface area contributed by atoms with Gasteiger partial charge in [-0.25, -0.2) is 0 Å². The normalized spacial score (nSPS) is 29.5. The standard InChI is InChI=1S/C14H29NO2/c1-6-13(16,7-2)11-12(15(11)10-5)14(17,8-3)9-4/h11-12,16-17H,6-10H2,1-5H3/t11-,12-/m0/s1. The van der Waals surface area contributed by atoms with Crippen LogP contribution in [0.5, 0.6) is 0 Å². The number of likely N-dealkylation sites (N-methyl/N-ethyl adjacent to an activating group) is 1. The minimum absolute atomic E-state index is 0.132. The Bertz CT molecular complexity index is 223. The molecule has 17 heavy (non-hydrogen) atoms. The summed E-state index contributed by atoms with van der Waals surface area (Å²) in [5.41, 5.74) is -1.28. The molecule has 0 aromatic heterocycles. The predicted octanol–water partition coefficient (Wildman–Crippen LogP) is 2.16. The molecule has 1 aliphatic heterocycles. The van der Waals surface area contributed by atoms with Gasteiger partial charge in [0, 0.05) is 0 Å². The molecule has 1 aliphatic rings. The summed E-state index contributed by atoms with van der Waals surface area (Å²) in [5, 5.41) is 21.3. The third kappa shape index (κ3) is 2.38. The molecule has 1 rings (SSSR count). The third-order valence-corrected chi connectivity index (χ3v) is 4.84. The van der Waals surface area contributed by atoms with Crippen molar-refractivity contribution in [1.29, 1.82) is 0 Å². The lowest BCUT2D eigenvalue weighted by atomic mass is 9.84. The average Bonchev–Trinajstić information content (AvgIpc) is 3.12. The average molecular weight is 243 g/mol. The van der Waals surface area contributed by atoms with Gasteiger partial charge in [0.25, 0.3) is 0 Å².